The van der Waals surface area contributed by atoms with Gasteiger partial charge < -0.3 is 15.5 Å². The van der Waals surface area contributed by atoms with E-state index in [-0.39, 0.29) is 5.91 Å². The van der Waals surface area contributed by atoms with Crippen LogP contribution in [0.15, 0.2) is 39.5 Å². The maximum Gasteiger partial charge on any atom is 0.274 e. The first kappa shape index (κ1) is 17.5. The molecule has 3 aromatic heterocycles. The number of hydrogen-bond acceptors (Lipinski definition) is 5. The Bertz CT molecular complexity index is 952. The number of carbonyl (C=O) groups excluding carboxylic acids is 1. The number of aromatic nitrogens is 2. The zero-order valence-electron chi connectivity index (χ0n) is 14.6. The highest BCUT2D eigenvalue weighted by molar-refractivity contribution is 9.11. The van der Waals surface area contributed by atoms with Crippen molar-refractivity contribution in [3.05, 3.63) is 45.2 Å². The summed E-state index contributed by atoms with van der Waals surface area (Å²) in [4.78, 5) is 15.0. The van der Waals surface area contributed by atoms with Crippen molar-refractivity contribution < 1.29 is 4.79 Å². The summed E-state index contributed by atoms with van der Waals surface area (Å²) in [6, 6.07) is 10.4. The van der Waals surface area contributed by atoms with E-state index in [1.807, 2.05) is 35.7 Å². The summed E-state index contributed by atoms with van der Waals surface area (Å²) < 4.78 is 2.63. The molecule has 0 bridgehead atoms. The zero-order valence-corrected chi connectivity index (χ0v) is 17.0. The number of amides is 1. The largest absolute Gasteiger partial charge is 0.350 e. The smallest absolute Gasteiger partial charge is 0.274 e. The van der Waals surface area contributed by atoms with Crippen molar-refractivity contribution in [2.24, 2.45) is 0 Å². The number of fused-ring (bicyclic) bond motifs is 1. The number of anilines is 2. The van der Waals surface area contributed by atoms with Crippen LogP contribution >= 0.6 is 27.3 Å². The van der Waals surface area contributed by atoms with Gasteiger partial charge in [0, 0.05) is 25.2 Å². The molecule has 1 saturated heterocycles. The molecule has 136 valence electrons. The first-order chi connectivity index (χ1) is 12.5. The molecular formula is C18H20BrN5OS. The number of rotatable bonds is 3. The van der Waals surface area contributed by atoms with E-state index in [9.17, 15) is 4.79 Å². The van der Waals surface area contributed by atoms with Gasteiger partial charge >= 0.3 is 0 Å². The summed E-state index contributed by atoms with van der Waals surface area (Å²) >= 11 is 4.99. The van der Waals surface area contributed by atoms with Crippen molar-refractivity contribution in [2.45, 2.75) is 25.9 Å². The Morgan fingerprint density at radius 1 is 1.31 bits per heavy atom. The van der Waals surface area contributed by atoms with Crippen molar-refractivity contribution >= 4 is 50.2 Å². The van der Waals surface area contributed by atoms with Gasteiger partial charge in [-0.15, -0.1) is 16.4 Å². The average Bonchev–Trinajstić information content (AvgIpc) is 3.23. The van der Waals surface area contributed by atoms with Crippen LogP contribution in [-0.2, 0) is 0 Å². The molecule has 4 heterocycles. The summed E-state index contributed by atoms with van der Waals surface area (Å²) in [5, 5.41) is 13.1. The fourth-order valence-corrected chi connectivity index (χ4v) is 4.34. The molecule has 2 N–H and O–H groups in total. The van der Waals surface area contributed by atoms with E-state index in [0.29, 0.717) is 17.8 Å². The maximum absolute atomic E-state index is 12.7. The van der Waals surface area contributed by atoms with Gasteiger partial charge in [-0.3, -0.25) is 4.79 Å². The summed E-state index contributed by atoms with van der Waals surface area (Å²) in [7, 11) is 0. The molecule has 6 nitrogen and oxygen atoms in total. The molecule has 0 unspecified atom stereocenters. The number of hydrogen-bond donors (Lipinski definition) is 2. The van der Waals surface area contributed by atoms with E-state index in [1.165, 1.54) is 11.3 Å². The Kier molecular flexibility index (Phi) is 4.73. The number of nitrogens with zero attached hydrogens (tertiary/aromatic N) is 3. The first-order valence-corrected chi connectivity index (χ1v) is 10.2. The van der Waals surface area contributed by atoms with Crippen molar-refractivity contribution in [1.82, 2.24) is 14.9 Å². The second kappa shape index (κ2) is 7.02. The lowest BCUT2D eigenvalue weighted by atomic mass is 10.1. The van der Waals surface area contributed by atoms with Crippen molar-refractivity contribution in [1.29, 1.82) is 0 Å². The molecule has 1 amide bonds. The Balaban J connectivity index is 1.66. The lowest BCUT2D eigenvalue weighted by Gasteiger charge is -2.38. The maximum atomic E-state index is 12.7. The summed E-state index contributed by atoms with van der Waals surface area (Å²) in [5.41, 5.74) is 2.20. The van der Waals surface area contributed by atoms with Crippen molar-refractivity contribution in [3.63, 3.8) is 0 Å². The quantitative estimate of drug-likeness (QED) is 0.662. The van der Waals surface area contributed by atoms with Crippen LogP contribution in [0.1, 0.15) is 24.3 Å². The first-order valence-electron chi connectivity index (χ1n) is 8.56. The third kappa shape index (κ3) is 3.24. The van der Waals surface area contributed by atoms with Crippen LogP contribution in [0.25, 0.3) is 5.52 Å². The van der Waals surface area contributed by atoms with Gasteiger partial charge in [0.2, 0.25) is 0 Å². The Labute approximate surface area is 164 Å². The number of halogens is 1. The monoisotopic (exact) mass is 433 g/mol. The van der Waals surface area contributed by atoms with Crippen LogP contribution in [0.3, 0.4) is 0 Å². The molecule has 0 spiro atoms. The van der Waals surface area contributed by atoms with Gasteiger partial charge in [-0.2, -0.15) is 0 Å². The van der Waals surface area contributed by atoms with Gasteiger partial charge in [-0.05, 0) is 65.5 Å². The van der Waals surface area contributed by atoms with E-state index >= 15 is 0 Å². The molecular weight excluding hydrogens is 414 g/mol. The molecule has 1 aliphatic heterocycles. The molecule has 2 atom stereocenters. The molecule has 8 heteroatoms. The molecule has 4 rings (SSSR count). The topological polar surface area (TPSA) is 61.7 Å². The van der Waals surface area contributed by atoms with E-state index in [4.69, 9.17) is 5.10 Å². The Morgan fingerprint density at radius 2 is 2.12 bits per heavy atom. The lowest BCUT2D eigenvalue weighted by Crippen LogP contribution is -2.54. The van der Waals surface area contributed by atoms with Crippen LogP contribution in [0, 0.1) is 0 Å². The average molecular weight is 434 g/mol. The predicted molar refractivity (Wildman–Crippen MR) is 109 cm³/mol. The van der Waals surface area contributed by atoms with Gasteiger partial charge in [0.1, 0.15) is 11.5 Å². The molecule has 1 fully saturated rings. The molecule has 26 heavy (non-hydrogen) atoms. The third-order valence-corrected chi connectivity index (χ3v) is 6.33. The minimum Gasteiger partial charge on any atom is -0.350 e. The van der Waals surface area contributed by atoms with Gasteiger partial charge in [-0.1, -0.05) is 0 Å². The number of carbonyl (C=O) groups is 1. The Hall–Kier alpha value is -1.90. The van der Waals surface area contributed by atoms with E-state index in [2.05, 4.69) is 45.3 Å². The van der Waals surface area contributed by atoms with Gasteiger partial charge in [0.15, 0.2) is 0 Å². The highest BCUT2D eigenvalue weighted by Crippen LogP contribution is 2.29. The van der Waals surface area contributed by atoms with Crippen LogP contribution in [0.5, 0.6) is 0 Å². The predicted octanol–water partition coefficient (Wildman–Crippen LogP) is 3.60. The van der Waals surface area contributed by atoms with Gasteiger partial charge in [-0.25, -0.2) is 4.52 Å². The van der Waals surface area contributed by atoms with E-state index in [0.717, 1.165) is 33.9 Å². The van der Waals surface area contributed by atoms with Crippen LogP contribution in [0.4, 0.5) is 11.5 Å². The lowest BCUT2D eigenvalue weighted by molar-refractivity contribution is 0.102. The standard InChI is InChI=1S/C18H20BrN5OS/c1-11-10-23(12(2)9-20-11)16-6-4-13-3-5-15(24(13)22-16)18(25)21-14-7-8-26-17(14)19/h3-8,11-12,20H,9-10H2,1-2H3,(H,21,25)/t11-,12-/m1/s1. The fourth-order valence-electron chi connectivity index (χ4n) is 3.21. The zero-order chi connectivity index (χ0) is 18.3. The van der Waals surface area contributed by atoms with E-state index < -0.39 is 0 Å². The third-order valence-electron chi connectivity index (χ3n) is 4.65. The molecule has 0 radical (unpaired) electrons. The molecule has 3 aromatic rings. The SMILES string of the molecule is C[C@@H]1CN(c2ccc3ccc(C(=O)Nc4ccsc4Br)n3n2)[C@H](C)CN1. The molecule has 0 aromatic carbocycles. The van der Waals surface area contributed by atoms with Crippen molar-refractivity contribution in [3.8, 4) is 0 Å². The highest BCUT2D eigenvalue weighted by atomic mass is 79.9. The van der Waals surface area contributed by atoms with Crippen LogP contribution in [-0.4, -0.2) is 40.7 Å². The molecule has 0 aliphatic carbocycles. The minimum absolute atomic E-state index is 0.171. The van der Waals surface area contributed by atoms with Crippen molar-refractivity contribution in [2.75, 3.05) is 23.3 Å². The second-order valence-corrected chi connectivity index (χ2v) is 8.85. The second-order valence-electron chi connectivity index (χ2n) is 6.62. The number of piperazine rings is 1. The number of nitrogens with one attached hydrogen (secondary N) is 2. The summed E-state index contributed by atoms with van der Waals surface area (Å²) in [6.07, 6.45) is 0. The number of thiophene rings is 1. The van der Waals surface area contributed by atoms with Gasteiger partial charge in [0.05, 0.1) is 15.0 Å². The Morgan fingerprint density at radius 3 is 2.88 bits per heavy atom. The minimum atomic E-state index is -0.171. The summed E-state index contributed by atoms with van der Waals surface area (Å²) in [6.45, 7) is 6.17. The fraction of sp³-hybridized carbons (Fsp3) is 0.333. The molecule has 1 aliphatic rings. The summed E-state index contributed by atoms with van der Waals surface area (Å²) in [5.74, 6) is 0.718. The highest BCUT2D eigenvalue weighted by Gasteiger charge is 2.24. The van der Waals surface area contributed by atoms with Crippen LogP contribution < -0.4 is 15.5 Å². The normalized spacial score (nSPS) is 20.5. The molecule has 0 saturated carbocycles. The van der Waals surface area contributed by atoms with E-state index in [1.54, 1.807) is 4.52 Å². The van der Waals surface area contributed by atoms with Crippen LogP contribution in [0.2, 0.25) is 0 Å². The van der Waals surface area contributed by atoms with Gasteiger partial charge in [0.25, 0.3) is 5.91 Å².